The maximum Gasteiger partial charge on any atom is 0.120 e. The van der Waals surface area contributed by atoms with Crippen LogP contribution in [0.1, 0.15) is 52.9 Å². The Hall–Kier alpha value is -0.660. The van der Waals surface area contributed by atoms with Gasteiger partial charge in [0.05, 0.1) is 0 Å². The Bertz CT molecular complexity index is 177. The van der Waals surface area contributed by atoms with Gasteiger partial charge in [0.15, 0.2) is 0 Å². The van der Waals surface area contributed by atoms with Gasteiger partial charge in [0.1, 0.15) is 12.6 Å². The summed E-state index contributed by atoms with van der Waals surface area (Å²) in [6.45, 7) is 6.06. The van der Waals surface area contributed by atoms with Crippen LogP contribution in [-0.4, -0.2) is 12.6 Å². The number of carbonyl (C=O) groups excluding carboxylic acids is 2. The minimum absolute atomic E-state index is 0.750. The van der Waals surface area contributed by atoms with E-state index in [1.54, 1.807) is 0 Å². The van der Waals surface area contributed by atoms with Crippen LogP contribution >= 0.6 is 0 Å². The minimum Gasteiger partial charge on any atom is -0.304 e. The molecule has 3 unspecified atom stereocenters. The third-order valence-electron chi connectivity index (χ3n) is 3.38. The van der Waals surface area contributed by atoms with Crippen LogP contribution in [0.5, 0.6) is 0 Å². The van der Waals surface area contributed by atoms with Gasteiger partial charge >= 0.3 is 0 Å². The summed E-state index contributed by atoms with van der Waals surface area (Å²) >= 11 is 0. The second-order valence-electron chi connectivity index (χ2n) is 4.46. The molecule has 1 fully saturated rings. The van der Waals surface area contributed by atoms with Gasteiger partial charge in [0.25, 0.3) is 0 Å². The van der Waals surface area contributed by atoms with Gasteiger partial charge in [-0.05, 0) is 43.9 Å². The average molecular weight is 212 g/mol. The Morgan fingerprint density at radius 3 is 2.27 bits per heavy atom. The van der Waals surface area contributed by atoms with Gasteiger partial charge in [-0.3, -0.25) is 0 Å². The van der Waals surface area contributed by atoms with Crippen LogP contribution in [0.2, 0.25) is 0 Å². The Morgan fingerprint density at radius 2 is 1.87 bits per heavy atom. The van der Waals surface area contributed by atoms with Crippen LogP contribution in [0.15, 0.2) is 0 Å². The van der Waals surface area contributed by atoms with Crippen molar-refractivity contribution in [2.45, 2.75) is 52.9 Å². The topological polar surface area (TPSA) is 34.1 Å². The summed E-state index contributed by atoms with van der Waals surface area (Å²) in [5.74, 6) is 2.63. The highest BCUT2D eigenvalue weighted by Gasteiger charge is 2.29. The van der Waals surface area contributed by atoms with Gasteiger partial charge in [-0.15, -0.1) is 0 Å². The lowest BCUT2D eigenvalue weighted by Gasteiger charge is -2.12. The Morgan fingerprint density at radius 1 is 1.27 bits per heavy atom. The molecule has 2 nitrogen and oxygen atoms in total. The van der Waals surface area contributed by atoms with E-state index in [2.05, 4.69) is 13.8 Å². The van der Waals surface area contributed by atoms with Gasteiger partial charge in [0.2, 0.25) is 0 Å². The number of carbonyl (C=O) groups is 2. The van der Waals surface area contributed by atoms with Gasteiger partial charge in [-0.2, -0.15) is 0 Å². The molecule has 15 heavy (non-hydrogen) atoms. The van der Waals surface area contributed by atoms with Crippen LogP contribution in [0, 0.1) is 17.8 Å². The predicted molar refractivity (Wildman–Crippen MR) is 62.7 cm³/mol. The van der Waals surface area contributed by atoms with E-state index in [-0.39, 0.29) is 0 Å². The van der Waals surface area contributed by atoms with E-state index < -0.39 is 0 Å². The highest BCUT2D eigenvalue weighted by molar-refractivity contribution is 5.49. The molecule has 0 aromatic heterocycles. The molecule has 0 N–H and O–H groups in total. The third kappa shape index (κ3) is 5.71. The van der Waals surface area contributed by atoms with Crippen molar-refractivity contribution in [3.05, 3.63) is 0 Å². The molecular weight excluding hydrogens is 188 g/mol. The van der Waals surface area contributed by atoms with Gasteiger partial charge in [-0.25, -0.2) is 0 Å². The lowest BCUT2D eigenvalue weighted by molar-refractivity contribution is -0.108. The quantitative estimate of drug-likeness (QED) is 0.670. The van der Waals surface area contributed by atoms with Crippen molar-refractivity contribution >= 4 is 12.6 Å². The molecule has 1 aliphatic carbocycles. The summed E-state index contributed by atoms with van der Waals surface area (Å²) in [4.78, 5) is 19.0. The van der Waals surface area contributed by atoms with Crippen LogP contribution in [0.3, 0.4) is 0 Å². The van der Waals surface area contributed by atoms with Crippen LogP contribution in [-0.2, 0) is 9.59 Å². The van der Waals surface area contributed by atoms with E-state index in [1.165, 1.54) is 26.2 Å². The summed E-state index contributed by atoms with van der Waals surface area (Å²) in [6, 6.07) is 0. The zero-order chi connectivity index (χ0) is 11.7. The molecule has 1 rings (SSSR count). The van der Waals surface area contributed by atoms with Crippen molar-refractivity contribution in [1.29, 1.82) is 0 Å². The van der Waals surface area contributed by atoms with E-state index in [1.807, 2.05) is 0 Å². The normalized spacial score (nSPS) is 29.1. The molecule has 0 heterocycles. The molecule has 3 atom stereocenters. The molecule has 0 saturated heterocycles. The maximum atomic E-state index is 10.2. The number of rotatable bonds is 4. The third-order valence-corrected chi connectivity index (χ3v) is 3.38. The first-order valence-electron chi connectivity index (χ1n) is 6.02. The lowest BCUT2D eigenvalue weighted by atomic mass is 9.93. The Kier molecular flexibility index (Phi) is 8.25. The first kappa shape index (κ1) is 14.3. The fourth-order valence-electron chi connectivity index (χ4n) is 2.49. The zero-order valence-corrected chi connectivity index (χ0v) is 10.2. The lowest BCUT2D eigenvalue weighted by Crippen LogP contribution is -2.03. The molecule has 0 radical (unpaired) electrons. The molecule has 0 aliphatic heterocycles. The molecule has 1 saturated carbocycles. The van der Waals surface area contributed by atoms with Crippen molar-refractivity contribution in [2.75, 3.05) is 0 Å². The van der Waals surface area contributed by atoms with Crippen molar-refractivity contribution in [3.63, 3.8) is 0 Å². The van der Waals surface area contributed by atoms with Crippen molar-refractivity contribution < 1.29 is 9.59 Å². The first-order chi connectivity index (χ1) is 7.19. The molecule has 0 spiro atoms. The fourth-order valence-corrected chi connectivity index (χ4v) is 2.49. The Labute approximate surface area is 93.4 Å². The standard InChI is InChI=1S/C11H20O.C2H4O/c1-3-10-7-9(2)11(8-10)5-4-6-12;1-2-3/h6,9-11H,3-5,7-8H2,1-2H3;2H,1H3. The maximum absolute atomic E-state index is 10.2. The van der Waals surface area contributed by atoms with Crippen LogP contribution in [0.4, 0.5) is 0 Å². The number of hydrogen-bond acceptors (Lipinski definition) is 2. The average Bonchev–Trinajstić information content (AvgIpc) is 2.57. The predicted octanol–water partition coefficient (Wildman–Crippen LogP) is 3.24. The molecular formula is C13H24O2. The SMILES string of the molecule is CC=O.CCC1CC(C)C(CCC=O)C1. The molecule has 0 bridgehead atoms. The summed E-state index contributed by atoms with van der Waals surface area (Å²) in [6.07, 6.45) is 7.78. The summed E-state index contributed by atoms with van der Waals surface area (Å²) in [5.41, 5.74) is 0. The summed E-state index contributed by atoms with van der Waals surface area (Å²) in [7, 11) is 0. The number of aldehydes is 2. The second kappa shape index (κ2) is 8.63. The molecule has 0 aromatic carbocycles. The van der Waals surface area contributed by atoms with E-state index in [0.717, 1.165) is 43.2 Å². The van der Waals surface area contributed by atoms with Crippen molar-refractivity contribution in [2.24, 2.45) is 17.8 Å². The smallest absolute Gasteiger partial charge is 0.120 e. The molecule has 88 valence electrons. The van der Waals surface area contributed by atoms with E-state index >= 15 is 0 Å². The van der Waals surface area contributed by atoms with Crippen LogP contribution in [0.25, 0.3) is 0 Å². The van der Waals surface area contributed by atoms with E-state index in [4.69, 9.17) is 4.79 Å². The minimum atomic E-state index is 0.750. The highest BCUT2D eigenvalue weighted by atomic mass is 16.1. The second-order valence-corrected chi connectivity index (χ2v) is 4.46. The summed E-state index contributed by atoms with van der Waals surface area (Å²) in [5, 5.41) is 0. The molecule has 1 aliphatic rings. The summed E-state index contributed by atoms with van der Waals surface area (Å²) < 4.78 is 0. The number of hydrogen-bond donors (Lipinski definition) is 0. The van der Waals surface area contributed by atoms with Crippen LogP contribution < -0.4 is 0 Å². The van der Waals surface area contributed by atoms with Gasteiger partial charge in [0, 0.05) is 6.42 Å². The van der Waals surface area contributed by atoms with E-state index in [0.29, 0.717) is 0 Å². The van der Waals surface area contributed by atoms with Crippen molar-refractivity contribution in [1.82, 2.24) is 0 Å². The Balaban J connectivity index is 0.000000583. The largest absolute Gasteiger partial charge is 0.304 e. The molecule has 0 aromatic rings. The van der Waals surface area contributed by atoms with Gasteiger partial charge in [-0.1, -0.05) is 20.3 Å². The monoisotopic (exact) mass is 212 g/mol. The fraction of sp³-hybridized carbons (Fsp3) is 0.846. The van der Waals surface area contributed by atoms with Gasteiger partial charge < -0.3 is 9.59 Å². The van der Waals surface area contributed by atoms with E-state index in [9.17, 15) is 4.79 Å². The highest BCUT2D eigenvalue weighted by Crippen LogP contribution is 2.39. The molecule has 2 heteroatoms. The van der Waals surface area contributed by atoms with Crippen molar-refractivity contribution in [3.8, 4) is 0 Å². The zero-order valence-electron chi connectivity index (χ0n) is 10.2. The molecule has 0 amide bonds. The first-order valence-corrected chi connectivity index (χ1v) is 6.02.